The second-order valence-electron chi connectivity index (χ2n) is 7.22. The van der Waals surface area contributed by atoms with Crippen LogP contribution in [-0.2, 0) is 0 Å². The molecule has 0 aromatic heterocycles. The number of hydrogen-bond acceptors (Lipinski definition) is 0. The Bertz CT molecular complexity index is 449. The van der Waals surface area contributed by atoms with Crippen LogP contribution in [0, 0.1) is 35.5 Å². The molecule has 1 saturated carbocycles. The first kappa shape index (κ1) is 11.1. The molecule has 18 heavy (non-hydrogen) atoms. The molecule has 0 aliphatic heterocycles. The average molecular weight is 240 g/mol. The molecule has 0 heterocycles. The van der Waals surface area contributed by atoms with Gasteiger partial charge in [-0.2, -0.15) is 0 Å². The fourth-order valence-electron chi connectivity index (χ4n) is 5.16. The molecule has 4 rings (SSSR count). The number of allylic oxidation sites excluding steroid dienone is 6. The van der Waals surface area contributed by atoms with E-state index in [1.807, 2.05) is 5.57 Å². The number of rotatable bonds is 2. The van der Waals surface area contributed by atoms with Crippen molar-refractivity contribution in [2.45, 2.75) is 39.5 Å². The van der Waals surface area contributed by atoms with Gasteiger partial charge in [-0.3, -0.25) is 0 Å². The molecule has 0 aromatic carbocycles. The van der Waals surface area contributed by atoms with E-state index in [2.05, 4.69) is 38.2 Å². The van der Waals surface area contributed by atoms with E-state index in [0.29, 0.717) is 0 Å². The van der Waals surface area contributed by atoms with Crippen LogP contribution in [0.15, 0.2) is 35.5 Å². The summed E-state index contributed by atoms with van der Waals surface area (Å²) < 4.78 is 0. The molecule has 0 nitrogen and oxygen atoms in total. The second kappa shape index (κ2) is 3.85. The molecule has 2 bridgehead atoms. The van der Waals surface area contributed by atoms with Crippen molar-refractivity contribution in [3.8, 4) is 0 Å². The monoisotopic (exact) mass is 240 g/mol. The Labute approximate surface area is 111 Å². The zero-order chi connectivity index (χ0) is 12.3. The van der Waals surface area contributed by atoms with Crippen LogP contribution < -0.4 is 0 Å². The van der Waals surface area contributed by atoms with Gasteiger partial charge in [0.25, 0.3) is 0 Å². The summed E-state index contributed by atoms with van der Waals surface area (Å²) in [5.74, 6) is 5.41. The Kier molecular flexibility index (Phi) is 2.37. The van der Waals surface area contributed by atoms with Crippen molar-refractivity contribution in [3.05, 3.63) is 35.5 Å². The first-order valence-electron chi connectivity index (χ1n) is 7.82. The minimum absolute atomic E-state index is 0.817. The molecule has 0 amide bonds. The highest BCUT2D eigenvalue weighted by molar-refractivity contribution is 5.42. The summed E-state index contributed by atoms with van der Waals surface area (Å²) in [6.07, 6.45) is 15.5. The molecule has 0 aromatic rings. The molecule has 0 radical (unpaired) electrons. The van der Waals surface area contributed by atoms with Gasteiger partial charge >= 0.3 is 0 Å². The molecule has 0 spiro atoms. The van der Waals surface area contributed by atoms with Gasteiger partial charge in [-0.1, -0.05) is 43.7 Å². The number of fused-ring (bicyclic) bond motifs is 2. The summed E-state index contributed by atoms with van der Waals surface area (Å²) in [4.78, 5) is 0. The van der Waals surface area contributed by atoms with Crippen molar-refractivity contribution in [1.82, 2.24) is 0 Å². The second-order valence-corrected chi connectivity index (χ2v) is 7.22. The smallest absolute Gasteiger partial charge is 0.0127 e. The van der Waals surface area contributed by atoms with E-state index in [1.165, 1.54) is 25.7 Å². The lowest BCUT2D eigenvalue weighted by Gasteiger charge is -2.28. The van der Waals surface area contributed by atoms with Crippen LogP contribution in [-0.4, -0.2) is 0 Å². The summed E-state index contributed by atoms with van der Waals surface area (Å²) in [5, 5.41) is 0. The van der Waals surface area contributed by atoms with E-state index < -0.39 is 0 Å². The van der Waals surface area contributed by atoms with Gasteiger partial charge in [0.15, 0.2) is 0 Å². The third-order valence-electron chi connectivity index (χ3n) is 6.01. The standard InChI is InChI=1S/C18H24/c1-11(2)16-10-18(15-5-3-4-14(15)16)17-9-12-6-7-13(17)8-12/h3-4,6-7,11-13,16-18H,5,8-10H2,1-2H3. The van der Waals surface area contributed by atoms with Crippen molar-refractivity contribution < 1.29 is 0 Å². The highest BCUT2D eigenvalue weighted by Crippen LogP contribution is 2.56. The SMILES string of the molecule is CC(C)C1CC(C2CC3C=CC2C3)C2=C1C=CC2. The maximum Gasteiger partial charge on any atom is -0.0127 e. The van der Waals surface area contributed by atoms with E-state index in [-0.39, 0.29) is 0 Å². The normalized spacial score (nSPS) is 44.7. The first-order chi connectivity index (χ1) is 8.74. The molecular weight excluding hydrogens is 216 g/mol. The van der Waals surface area contributed by atoms with Gasteiger partial charge in [-0.15, -0.1) is 0 Å². The van der Waals surface area contributed by atoms with Gasteiger partial charge in [0, 0.05) is 0 Å². The molecule has 5 unspecified atom stereocenters. The van der Waals surface area contributed by atoms with E-state index in [1.54, 1.807) is 5.57 Å². The summed E-state index contributed by atoms with van der Waals surface area (Å²) in [6, 6.07) is 0. The molecule has 5 atom stereocenters. The zero-order valence-electron chi connectivity index (χ0n) is 11.6. The van der Waals surface area contributed by atoms with Crippen LogP contribution in [0.4, 0.5) is 0 Å². The molecular formula is C18H24. The maximum absolute atomic E-state index is 2.53. The van der Waals surface area contributed by atoms with Crippen molar-refractivity contribution in [3.63, 3.8) is 0 Å². The molecule has 96 valence electrons. The Morgan fingerprint density at radius 1 is 1.11 bits per heavy atom. The first-order valence-corrected chi connectivity index (χ1v) is 7.82. The van der Waals surface area contributed by atoms with Gasteiger partial charge < -0.3 is 0 Å². The predicted molar refractivity (Wildman–Crippen MR) is 76.1 cm³/mol. The van der Waals surface area contributed by atoms with Crippen LogP contribution in [0.3, 0.4) is 0 Å². The Morgan fingerprint density at radius 3 is 2.67 bits per heavy atom. The lowest BCUT2D eigenvalue weighted by atomic mass is 9.76. The Balaban J connectivity index is 1.63. The average Bonchev–Trinajstić information content (AvgIpc) is 3.08. The third kappa shape index (κ3) is 1.44. The molecule has 4 aliphatic rings. The summed E-state index contributed by atoms with van der Waals surface area (Å²) in [6.45, 7) is 4.81. The Hall–Kier alpha value is -0.780. The lowest BCUT2D eigenvalue weighted by Crippen LogP contribution is -2.20. The summed E-state index contributed by atoms with van der Waals surface area (Å²) in [7, 11) is 0. The van der Waals surface area contributed by atoms with Crippen LogP contribution in [0.2, 0.25) is 0 Å². The maximum atomic E-state index is 2.53. The molecule has 0 saturated heterocycles. The molecule has 1 fully saturated rings. The van der Waals surface area contributed by atoms with E-state index in [9.17, 15) is 0 Å². The quantitative estimate of drug-likeness (QED) is 0.611. The predicted octanol–water partition coefficient (Wildman–Crippen LogP) is 4.75. The minimum Gasteiger partial charge on any atom is -0.0851 e. The lowest BCUT2D eigenvalue weighted by molar-refractivity contribution is 0.283. The van der Waals surface area contributed by atoms with Crippen LogP contribution >= 0.6 is 0 Å². The molecule has 0 N–H and O–H groups in total. The van der Waals surface area contributed by atoms with Crippen molar-refractivity contribution >= 4 is 0 Å². The third-order valence-corrected chi connectivity index (χ3v) is 6.01. The molecule has 4 aliphatic carbocycles. The van der Waals surface area contributed by atoms with Gasteiger partial charge in [-0.25, -0.2) is 0 Å². The fraction of sp³-hybridized carbons (Fsp3) is 0.667. The van der Waals surface area contributed by atoms with Crippen molar-refractivity contribution in [2.24, 2.45) is 35.5 Å². The Morgan fingerprint density at radius 2 is 2.00 bits per heavy atom. The summed E-state index contributed by atoms with van der Waals surface area (Å²) in [5.41, 5.74) is 3.57. The topological polar surface area (TPSA) is 0 Å². The van der Waals surface area contributed by atoms with E-state index in [4.69, 9.17) is 0 Å². The van der Waals surface area contributed by atoms with Crippen molar-refractivity contribution in [1.29, 1.82) is 0 Å². The van der Waals surface area contributed by atoms with Crippen LogP contribution in [0.5, 0.6) is 0 Å². The molecule has 0 heteroatoms. The van der Waals surface area contributed by atoms with Crippen LogP contribution in [0.1, 0.15) is 39.5 Å². The zero-order valence-corrected chi connectivity index (χ0v) is 11.6. The highest BCUT2D eigenvalue weighted by atomic mass is 14.5. The van der Waals surface area contributed by atoms with E-state index >= 15 is 0 Å². The van der Waals surface area contributed by atoms with Gasteiger partial charge in [0.2, 0.25) is 0 Å². The fourth-order valence-corrected chi connectivity index (χ4v) is 5.16. The van der Waals surface area contributed by atoms with Gasteiger partial charge in [-0.05, 0) is 66.8 Å². The van der Waals surface area contributed by atoms with Crippen LogP contribution in [0.25, 0.3) is 0 Å². The highest BCUT2D eigenvalue weighted by Gasteiger charge is 2.45. The summed E-state index contributed by atoms with van der Waals surface area (Å²) >= 11 is 0. The van der Waals surface area contributed by atoms with Crippen molar-refractivity contribution in [2.75, 3.05) is 0 Å². The minimum atomic E-state index is 0.817. The van der Waals surface area contributed by atoms with E-state index in [0.717, 1.165) is 35.5 Å². The largest absolute Gasteiger partial charge is 0.0851 e. The van der Waals surface area contributed by atoms with Gasteiger partial charge in [0.1, 0.15) is 0 Å². The number of hydrogen-bond donors (Lipinski definition) is 0. The van der Waals surface area contributed by atoms with Gasteiger partial charge in [0.05, 0.1) is 0 Å².